The zero-order valence-corrected chi connectivity index (χ0v) is 11.2. The normalized spacial score (nSPS) is 11.4. The van der Waals surface area contributed by atoms with Crippen molar-refractivity contribution < 1.29 is 4.42 Å². The largest absolute Gasteiger partial charge is 0.466 e. The summed E-state index contributed by atoms with van der Waals surface area (Å²) in [6.07, 6.45) is 1.18. The highest BCUT2D eigenvalue weighted by molar-refractivity contribution is 5.31. The quantitative estimate of drug-likeness (QED) is 0.751. The van der Waals surface area contributed by atoms with Crippen LogP contribution in [0, 0.1) is 20.8 Å². The number of rotatable bonds is 6. The fraction of sp³-hybridized carbons (Fsp3) is 0.692. The molecule has 1 N–H and O–H groups in total. The van der Waals surface area contributed by atoms with Crippen molar-refractivity contribution in [1.29, 1.82) is 0 Å². The summed E-state index contributed by atoms with van der Waals surface area (Å²) in [5.74, 6) is 2.10. The van der Waals surface area contributed by atoms with E-state index >= 15 is 0 Å². The third kappa shape index (κ3) is 3.65. The predicted octanol–water partition coefficient (Wildman–Crippen LogP) is 2.25. The van der Waals surface area contributed by atoms with Crippen LogP contribution in [0.5, 0.6) is 0 Å². The van der Waals surface area contributed by atoms with Crippen molar-refractivity contribution in [3.8, 4) is 0 Å². The monoisotopic (exact) mass is 224 g/mol. The minimum atomic E-state index is 0.919. The Bertz CT molecular complexity index is 329. The van der Waals surface area contributed by atoms with E-state index in [9.17, 15) is 0 Å². The molecule has 0 saturated carbocycles. The van der Waals surface area contributed by atoms with Gasteiger partial charge in [-0.2, -0.15) is 0 Å². The summed E-state index contributed by atoms with van der Waals surface area (Å²) in [6, 6.07) is 0. The summed E-state index contributed by atoms with van der Waals surface area (Å²) in [6.45, 7) is 9.30. The van der Waals surface area contributed by atoms with Gasteiger partial charge in [0, 0.05) is 12.1 Å². The SMILES string of the molecule is Cc1oc(C)c(CNCCCN(C)C)c1C. The Balaban J connectivity index is 2.32. The first kappa shape index (κ1) is 13.3. The smallest absolute Gasteiger partial charge is 0.105 e. The molecule has 1 aromatic rings. The molecule has 1 heterocycles. The molecule has 0 atom stereocenters. The average molecular weight is 224 g/mol. The van der Waals surface area contributed by atoms with Gasteiger partial charge in [0.2, 0.25) is 0 Å². The molecule has 0 aliphatic rings. The van der Waals surface area contributed by atoms with Crippen LogP contribution >= 0.6 is 0 Å². The van der Waals surface area contributed by atoms with E-state index in [1.807, 2.05) is 13.8 Å². The summed E-state index contributed by atoms with van der Waals surface area (Å²) in [5, 5.41) is 3.47. The first-order valence-corrected chi connectivity index (χ1v) is 5.93. The molecule has 0 radical (unpaired) electrons. The van der Waals surface area contributed by atoms with Gasteiger partial charge >= 0.3 is 0 Å². The lowest BCUT2D eigenvalue weighted by molar-refractivity contribution is 0.394. The van der Waals surface area contributed by atoms with Crippen molar-refractivity contribution in [2.45, 2.75) is 33.7 Å². The second-order valence-corrected chi connectivity index (χ2v) is 4.65. The standard InChI is InChI=1S/C13H24N2O/c1-10-11(2)16-12(3)13(10)9-14-7-6-8-15(4)5/h14H,6-9H2,1-5H3. The summed E-state index contributed by atoms with van der Waals surface area (Å²) in [4.78, 5) is 2.21. The van der Waals surface area contributed by atoms with Gasteiger partial charge in [-0.25, -0.2) is 0 Å². The molecule has 0 amide bonds. The van der Waals surface area contributed by atoms with E-state index in [0.29, 0.717) is 0 Å². The van der Waals surface area contributed by atoms with Crippen LogP contribution in [-0.2, 0) is 6.54 Å². The van der Waals surface area contributed by atoms with Crippen molar-refractivity contribution in [2.24, 2.45) is 0 Å². The molecule has 16 heavy (non-hydrogen) atoms. The van der Waals surface area contributed by atoms with Gasteiger partial charge in [-0.1, -0.05) is 0 Å². The molecular formula is C13H24N2O. The molecule has 3 heteroatoms. The summed E-state index contributed by atoms with van der Waals surface area (Å²) >= 11 is 0. The molecule has 0 aliphatic carbocycles. The van der Waals surface area contributed by atoms with Crippen molar-refractivity contribution in [3.63, 3.8) is 0 Å². The Morgan fingerprint density at radius 1 is 1.12 bits per heavy atom. The first-order chi connectivity index (χ1) is 7.52. The van der Waals surface area contributed by atoms with Gasteiger partial charge in [-0.05, 0) is 59.9 Å². The van der Waals surface area contributed by atoms with Gasteiger partial charge in [0.25, 0.3) is 0 Å². The van der Waals surface area contributed by atoms with Gasteiger partial charge in [0.1, 0.15) is 11.5 Å². The maximum atomic E-state index is 5.59. The van der Waals surface area contributed by atoms with Crippen LogP contribution in [-0.4, -0.2) is 32.1 Å². The van der Waals surface area contributed by atoms with Crippen LogP contribution < -0.4 is 5.32 Å². The number of furan rings is 1. The molecule has 0 aliphatic heterocycles. The van der Waals surface area contributed by atoms with Crippen molar-refractivity contribution in [3.05, 3.63) is 22.6 Å². The number of aryl methyl sites for hydroxylation is 2. The fourth-order valence-corrected chi connectivity index (χ4v) is 1.84. The van der Waals surface area contributed by atoms with Crippen LogP contribution in [0.25, 0.3) is 0 Å². The van der Waals surface area contributed by atoms with Gasteiger partial charge in [-0.3, -0.25) is 0 Å². The van der Waals surface area contributed by atoms with E-state index in [-0.39, 0.29) is 0 Å². The van der Waals surface area contributed by atoms with Crippen LogP contribution in [0.2, 0.25) is 0 Å². The molecular weight excluding hydrogens is 200 g/mol. The Morgan fingerprint density at radius 3 is 2.31 bits per heavy atom. The molecule has 0 bridgehead atoms. The van der Waals surface area contributed by atoms with Crippen LogP contribution in [0.1, 0.15) is 29.1 Å². The Kier molecular flexibility index (Phi) is 5.03. The minimum absolute atomic E-state index is 0.919. The zero-order chi connectivity index (χ0) is 12.1. The van der Waals surface area contributed by atoms with Crippen LogP contribution in [0.15, 0.2) is 4.42 Å². The Morgan fingerprint density at radius 2 is 1.81 bits per heavy atom. The average Bonchev–Trinajstić information content (AvgIpc) is 2.43. The molecule has 0 saturated heterocycles. The minimum Gasteiger partial charge on any atom is -0.466 e. The molecule has 92 valence electrons. The first-order valence-electron chi connectivity index (χ1n) is 5.93. The maximum Gasteiger partial charge on any atom is 0.105 e. The number of hydrogen-bond acceptors (Lipinski definition) is 3. The highest BCUT2D eigenvalue weighted by Crippen LogP contribution is 2.20. The number of hydrogen-bond donors (Lipinski definition) is 1. The molecule has 0 spiro atoms. The highest BCUT2D eigenvalue weighted by Gasteiger charge is 2.09. The molecule has 1 rings (SSSR count). The van der Waals surface area contributed by atoms with Crippen LogP contribution in [0.3, 0.4) is 0 Å². The lowest BCUT2D eigenvalue weighted by Crippen LogP contribution is -2.21. The summed E-state index contributed by atoms with van der Waals surface area (Å²) in [5.41, 5.74) is 2.61. The number of nitrogens with zero attached hydrogens (tertiary/aromatic N) is 1. The van der Waals surface area contributed by atoms with Gasteiger partial charge in [-0.15, -0.1) is 0 Å². The zero-order valence-electron chi connectivity index (χ0n) is 11.2. The van der Waals surface area contributed by atoms with E-state index in [0.717, 1.165) is 31.2 Å². The lowest BCUT2D eigenvalue weighted by Gasteiger charge is -2.09. The second-order valence-electron chi connectivity index (χ2n) is 4.65. The fourth-order valence-electron chi connectivity index (χ4n) is 1.84. The topological polar surface area (TPSA) is 28.4 Å². The molecule has 0 aromatic carbocycles. The van der Waals surface area contributed by atoms with E-state index in [4.69, 9.17) is 4.42 Å². The van der Waals surface area contributed by atoms with E-state index in [1.165, 1.54) is 17.5 Å². The Hall–Kier alpha value is -0.800. The second kappa shape index (κ2) is 6.06. The van der Waals surface area contributed by atoms with Crippen LogP contribution in [0.4, 0.5) is 0 Å². The highest BCUT2D eigenvalue weighted by atomic mass is 16.3. The van der Waals surface area contributed by atoms with Crippen molar-refractivity contribution in [1.82, 2.24) is 10.2 Å². The van der Waals surface area contributed by atoms with Gasteiger partial charge in [0.05, 0.1) is 0 Å². The van der Waals surface area contributed by atoms with E-state index in [1.54, 1.807) is 0 Å². The third-order valence-electron chi connectivity index (χ3n) is 2.97. The molecule has 3 nitrogen and oxygen atoms in total. The summed E-state index contributed by atoms with van der Waals surface area (Å²) in [7, 11) is 4.21. The molecule has 0 unspecified atom stereocenters. The Labute approximate surface area is 98.8 Å². The van der Waals surface area contributed by atoms with E-state index in [2.05, 4.69) is 31.2 Å². The molecule has 0 fully saturated rings. The number of nitrogens with one attached hydrogen (secondary N) is 1. The molecule has 1 aromatic heterocycles. The maximum absolute atomic E-state index is 5.59. The van der Waals surface area contributed by atoms with Crippen molar-refractivity contribution in [2.75, 3.05) is 27.2 Å². The van der Waals surface area contributed by atoms with Crippen molar-refractivity contribution >= 4 is 0 Å². The van der Waals surface area contributed by atoms with E-state index < -0.39 is 0 Å². The lowest BCUT2D eigenvalue weighted by atomic mass is 10.1. The third-order valence-corrected chi connectivity index (χ3v) is 2.97. The van der Waals surface area contributed by atoms with Gasteiger partial charge in [0.15, 0.2) is 0 Å². The predicted molar refractivity (Wildman–Crippen MR) is 67.8 cm³/mol. The summed E-state index contributed by atoms with van der Waals surface area (Å²) < 4.78 is 5.59. The van der Waals surface area contributed by atoms with Gasteiger partial charge < -0.3 is 14.6 Å².